The number of benzene rings is 1. The van der Waals surface area contributed by atoms with Gasteiger partial charge in [-0.2, -0.15) is 5.10 Å². The minimum absolute atomic E-state index is 0.353. The van der Waals surface area contributed by atoms with Crippen LogP contribution in [0.15, 0.2) is 48.8 Å². The molecule has 0 spiro atoms. The van der Waals surface area contributed by atoms with E-state index in [9.17, 15) is 0 Å². The first-order valence-corrected chi connectivity index (χ1v) is 6.28. The smallest absolute Gasteiger partial charge is 0.175 e. The fraction of sp³-hybridized carbons (Fsp3) is 0. The number of nitrogens with zero attached hydrogens (tertiary/aromatic N) is 4. The zero-order chi connectivity index (χ0) is 13.2. The first-order valence-electron chi connectivity index (χ1n) is 5.52. The minimum atomic E-state index is 0.353. The van der Waals surface area contributed by atoms with Gasteiger partial charge in [0.25, 0.3) is 0 Å². The maximum absolute atomic E-state index is 5.97. The Morgan fingerprint density at radius 2 is 1.84 bits per heavy atom. The molecule has 0 fully saturated rings. The van der Waals surface area contributed by atoms with E-state index in [4.69, 9.17) is 23.2 Å². The highest BCUT2D eigenvalue weighted by molar-refractivity contribution is 6.30. The first-order chi connectivity index (χ1) is 9.22. The van der Waals surface area contributed by atoms with E-state index in [-0.39, 0.29) is 0 Å². The van der Waals surface area contributed by atoms with Crippen LogP contribution in [0.2, 0.25) is 10.2 Å². The number of hydrogen-bond donors (Lipinski definition) is 0. The Bertz CT molecular complexity index is 707. The molecule has 0 saturated carbocycles. The summed E-state index contributed by atoms with van der Waals surface area (Å²) in [7, 11) is 0. The second kappa shape index (κ2) is 4.99. The van der Waals surface area contributed by atoms with E-state index < -0.39 is 0 Å². The van der Waals surface area contributed by atoms with Gasteiger partial charge in [0, 0.05) is 16.8 Å². The average molecular weight is 291 g/mol. The van der Waals surface area contributed by atoms with Crippen molar-refractivity contribution in [1.82, 2.24) is 20.0 Å². The fourth-order valence-corrected chi connectivity index (χ4v) is 1.99. The molecule has 0 aliphatic rings. The highest BCUT2D eigenvalue weighted by atomic mass is 35.5. The van der Waals surface area contributed by atoms with Gasteiger partial charge in [-0.3, -0.25) is 0 Å². The van der Waals surface area contributed by atoms with Crippen molar-refractivity contribution < 1.29 is 0 Å². The third kappa shape index (κ3) is 2.59. The summed E-state index contributed by atoms with van der Waals surface area (Å²) in [5.74, 6) is 0.609. The lowest BCUT2D eigenvalue weighted by atomic mass is 10.1. The van der Waals surface area contributed by atoms with Crippen molar-refractivity contribution in [2.24, 2.45) is 0 Å². The van der Waals surface area contributed by atoms with Crippen LogP contribution in [0.1, 0.15) is 0 Å². The van der Waals surface area contributed by atoms with Gasteiger partial charge < -0.3 is 0 Å². The molecular formula is C13H8Cl2N4. The molecule has 0 radical (unpaired) electrons. The molecular weight excluding hydrogens is 283 g/mol. The molecule has 0 amide bonds. The molecule has 6 heteroatoms. The van der Waals surface area contributed by atoms with E-state index in [0.717, 1.165) is 11.1 Å². The molecule has 3 rings (SSSR count). The van der Waals surface area contributed by atoms with E-state index in [1.54, 1.807) is 23.0 Å². The zero-order valence-electron chi connectivity index (χ0n) is 9.66. The van der Waals surface area contributed by atoms with Crippen LogP contribution in [-0.2, 0) is 0 Å². The van der Waals surface area contributed by atoms with Crippen molar-refractivity contribution in [3.05, 3.63) is 59.0 Å². The molecule has 0 saturated heterocycles. The Kier molecular flexibility index (Phi) is 3.19. The van der Waals surface area contributed by atoms with Crippen LogP contribution in [0.25, 0.3) is 16.9 Å². The average Bonchev–Trinajstić information content (AvgIpc) is 2.89. The van der Waals surface area contributed by atoms with Gasteiger partial charge in [-0.25, -0.2) is 4.68 Å². The summed E-state index contributed by atoms with van der Waals surface area (Å²) in [4.78, 5) is 0. The summed E-state index contributed by atoms with van der Waals surface area (Å²) in [5, 5.41) is 13.0. The molecule has 2 aromatic heterocycles. The van der Waals surface area contributed by atoms with Crippen LogP contribution in [0.4, 0.5) is 0 Å². The normalized spacial score (nSPS) is 10.6. The SMILES string of the molecule is Clc1cccc(-c2cnn(-c3ccc(Cl)nn3)c2)c1. The third-order valence-corrected chi connectivity index (χ3v) is 3.03. The van der Waals surface area contributed by atoms with E-state index in [1.807, 2.05) is 30.5 Å². The Morgan fingerprint density at radius 3 is 2.58 bits per heavy atom. The predicted octanol–water partition coefficient (Wildman–Crippen LogP) is 3.64. The number of aromatic nitrogens is 4. The van der Waals surface area contributed by atoms with Gasteiger partial charge in [-0.05, 0) is 29.8 Å². The van der Waals surface area contributed by atoms with Crippen molar-refractivity contribution in [3.8, 4) is 16.9 Å². The van der Waals surface area contributed by atoms with Crippen molar-refractivity contribution in [2.75, 3.05) is 0 Å². The van der Waals surface area contributed by atoms with Crippen molar-refractivity contribution in [2.45, 2.75) is 0 Å². The molecule has 19 heavy (non-hydrogen) atoms. The summed E-state index contributed by atoms with van der Waals surface area (Å²) in [5.41, 5.74) is 1.96. The van der Waals surface area contributed by atoms with Crippen LogP contribution in [0.5, 0.6) is 0 Å². The van der Waals surface area contributed by atoms with Crippen LogP contribution < -0.4 is 0 Å². The van der Waals surface area contributed by atoms with Crippen LogP contribution in [0.3, 0.4) is 0 Å². The number of halogens is 2. The summed E-state index contributed by atoms with van der Waals surface area (Å²) < 4.78 is 1.64. The topological polar surface area (TPSA) is 43.6 Å². The van der Waals surface area contributed by atoms with Gasteiger partial charge in [0.1, 0.15) is 0 Å². The lowest BCUT2D eigenvalue weighted by molar-refractivity contribution is 0.814. The van der Waals surface area contributed by atoms with Gasteiger partial charge >= 0.3 is 0 Å². The molecule has 0 N–H and O–H groups in total. The maximum atomic E-state index is 5.97. The molecule has 3 aromatic rings. The van der Waals surface area contributed by atoms with Gasteiger partial charge in [0.05, 0.1) is 6.20 Å². The second-order valence-corrected chi connectivity index (χ2v) is 4.72. The molecule has 94 valence electrons. The minimum Gasteiger partial charge on any atom is -0.220 e. The lowest BCUT2D eigenvalue weighted by Crippen LogP contribution is -1.98. The van der Waals surface area contributed by atoms with E-state index in [1.165, 1.54) is 0 Å². The predicted molar refractivity (Wildman–Crippen MR) is 74.6 cm³/mol. The summed E-state index contributed by atoms with van der Waals surface area (Å²) in [6.45, 7) is 0. The maximum Gasteiger partial charge on any atom is 0.175 e. The van der Waals surface area contributed by atoms with Crippen LogP contribution in [-0.4, -0.2) is 20.0 Å². The van der Waals surface area contributed by atoms with Crippen molar-refractivity contribution in [3.63, 3.8) is 0 Å². The Morgan fingerprint density at radius 1 is 0.947 bits per heavy atom. The molecule has 0 aliphatic carbocycles. The summed E-state index contributed by atoms with van der Waals surface area (Å²) >= 11 is 11.7. The molecule has 0 unspecified atom stereocenters. The molecule has 0 aliphatic heterocycles. The first kappa shape index (κ1) is 12.1. The van der Waals surface area contributed by atoms with Gasteiger partial charge in [0.2, 0.25) is 0 Å². The number of rotatable bonds is 2. The monoisotopic (exact) mass is 290 g/mol. The van der Waals surface area contributed by atoms with E-state index in [2.05, 4.69) is 15.3 Å². The third-order valence-electron chi connectivity index (χ3n) is 2.59. The number of hydrogen-bond acceptors (Lipinski definition) is 3. The van der Waals surface area contributed by atoms with E-state index in [0.29, 0.717) is 16.0 Å². The highest BCUT2D eigenvalue weighted by Gasteiger charge is 2.05. The van der Waals surface area contributed by atoms with Crippen LogP contribution in [0, 0.1) is 0 Å². The van der Waals surface area contributed by atoms with Gasteiger partial charge in [-0.1, -0.05) is 35.3 Å². The van der Waals surface area contributed by atoms with Gasteiger partial charge in [-0.15, -0.1) is 10.2 Å². The molecule has 1 aromatic carbocycles. The summed E-state index contributed by atoms with van der Waals surface area (Å²) in [6.07, 6.45) is 3.62. The van der Waals surface area contributed by atoms with Crippen molar-refractivity contribution in [1.29, 1.82) is 0 Å². The van der Waals surface area contributed by atoms with Crippen molar-refractivity contribution >= 4 is 23.2 Å². The fourth-order valence-electron chi connectivity index (χ4n) is 1.70. The summed E-state index contributed by atoms with van der Waals surface area (Å²) in [6, 6.07) is 11.0. The highest BCUT2D eigenvalue weighted by Crippen LogP contribution is 2.22. The zero-order valence-corrected chi connectivity index (χ0v) is 11.2. The molecule has 2 heterocycles. The Balaban J connectivity index is 1.97. The quantitative estimate of drug-likeness (QED) is 0.724. The van der Waals surface area contributed by atoms with Crippen LogP contribution >= 0.6 is 23.2 Å². The molecule has 0 atom stereocenters. The molecule has 0 bridgehead atoms. The standard InChI is InChI=1S/C13H8Cl2N4/c14-11-3-1-2-9(6-11)10-7-16-19(8-10)13-5-4-12(15)17-18-13/h1-8H. The molecule has 4 nitrogen and oxygen atoms in total. The Hall–Kier alpha value is -1.91. The second-order valence-electron chi connectivity index (χ2n) is 3.90. The van der Waals surface area contributed by atoms with E-state index >= 15 is 0 Å². The Labute approximate surface area is 119 Å². The van der Waals surface area contributed by atoms with Gasteiger partial charge in [0.15, 0.2) is 11.0 Å². The largest absolute Gasteiger partial charge is 0.220 e. The lowest BCUT2D eigenvalue weighted by Gasteiger charge is -1.99.